The van der Waals surface area contributed by atoms with Crippen LogP contribution in [0.5, 0.6) is 17.2 Å². The molecule has 390 valence electrons. The Hall–Kier alpha value is -7.72. The number of fused-ring (bicyclic) bond motifs is 4. The fourth-order valence-corrected chi connectivity index (χ4v) is 11.0. The molecular weight excluding hydrogens is 981 g/mol. The van der Waals surface area contributed by atoms with Gasteiger partial charge in [-0.15, -0.1) is 13.2 Å². The molecule has 5 aromatic rings. The van der Waals surface area contributed by atoms with E-state index in [0.29, 0.717) is 95.4 Å². The van der Waals surface area contributed by atoms with Crippen molar-refractivity contribution in [2.45, 2.75) is 82.4 Å². The summed E-state index contributed by atoms with van der Waals surface area (Å²) in [5, 5.41) is 10.9. The highest BCUT2D eigenvalue weighted by Gasteiger charge is 2.56. The minimum atomic E-state index is -4.97. The van der Waals surface area contributed by atoms with E-state index in [2.05, 4.69) is 45.8 Å². The zero-order chi connectivity index (χ0) is 52.2. The SMILES string of the molecule is O=C1CCC(N2Cc3cc(NC(=O)CCN4CC5CC(C4)N5CC4CCN(c5cc6nccc(Oc7ccc(NC(=O)C8(C(=O)Nc9ccc(F)cc9)CC8)cc7)c6cc5OC(F)(F)F)CC4)ncc3C2=O)C(=O)N1. The first kappa shape index (κ1) is 49.5. The number of piperidine rings is 3. The number of hydrogen-bond donors (Lipinski definition) is 4. The first-order valence-corrected chi connectivity index (χ1v) is 25.1. The van der Waals surface area contributed by atoms with Crippen molar-refractivity contribution in [1.82, 2.24) is 30.0 Å². The smallest absolute Gasteiger partial charge is 0.457 e. The van der Waals surface area contributed by atoms with Crippen LogP contribution >= 0.6 is 0 Å². The number of hydrogen-bond acceptors (Lipinski definition) is 13. The number of carbonyl (C=O) groups is 6. The number of alkyl halides is 3. The molecule has 7 aliphatic rings. The van der Waals surface area contributed by atoms with E-state index in [-0.39, 0.29) is 60.7 Å². The number of imide groups is 1. The number of aromatic nitrogens is 2. The summed E-state index contributed by atoms with van der Waals surface area (Å²) >= 11 is 0. The van der Waals surface area contributed by atoms with Crippen LogP contribution in [0.1, 0.15) is 67.3 Å². The molecule has 0 radical (unpaired) electrons. The molecular formula is C53H52F4N10O8. The van der Waals surface area contributed by atoms with Crippen LogP contribution in [0.3, 0.4) is 0 Å². The molecule has 6 fully saturated rings. The van der Waals surface area contributed by atoms with Gasteiger partial charge < -0.3 is 35.2 Å². The van der Waals surface area contributed by atoms with E-state index in [0.717, 1.165) is 38.9 Å². The molecule has 2 aromatic heterocycles. The van der Waals surface area contributed by atoms with Crippen molar-refractivity contribution in [3.05, 3.63) is 102 Å². The fraction of sp³-hybridized carbons (Fsp3) is 0.396. The Labute approximate surface area is 427 Å². The summed E-state index contributed by atoms with van der Waals surface area (Å²) in [5.41, 5.74) is 1.21. The molecule has 75 heavy (non-hydrogen) atoms. The van der Waals surface area contributed by atoms with E-state index in [1.54, 1.807) is 42.5 Å². The molecule has 1 aliphatic carbocycles. The normalized spacial score (nSPS) is 21.5. The van der Waals surface area contributed by atoms with Gasteiger partial charge >= 0.3 is 6.36 Å². The van der Waals surface area contributed by atoms with Gasteiger partial charge in [0.15, 0.2) is 5.75 Å². The van der Waals surface area contributed by atoms with Crippen LogP contribution in [0, 0.1) is 17.2 Å². The molecule has 0 spiro atoms. The lowest BCUT2D eigenvalue weighted by atomic mass is 9.84. The standard InChI is InChI=1S/C53H52F4N10O8/c54-32-1-3-33(4-2-32)60-50(72)52(15-16-52)51(73)61-34-5-7-37(8-6-34)74-43-11-17-58-40-24-42(44(23-38(40)43)75-53(55,56)57)65-19-12-30(13-20-65)26-66-35-22-36(66)29-64(28-35)18-14-47(69)62-45-21-31-27-67(49(71)39(31)25-59-45)41-9-10-46(68)63-48(41)70/h1-8,11,17,21,23-25,30,35-36,41H,9-10,12-16,18-20,22,26-29H2,(H,60,72)(H,61,73)(H,59,62,69)(H,63,68,70). The van der Waals surface area contributed by atoms with Gasteiger partial charge in [0.25, 0.3) is 5.91 Å². The number of amides is 6. The molecule has 22 heteroatoms. The van der Waals surface area contributed by atoms with E-state index < -0.39 is 41.4 Å². The van der Waals surface area contributed by atoms with Gasteiger partial charge in [-0.25, -0.2) is 9.37 Å². The number of anilines is 4. The minimum Gasteiger partial charge on any atom is -0.457 e. The zero-order valence-electron chi connectivity index (χ0n) is 40.5. The molecule has 8 heterocycles. The summed E-state index contributed by atoms with van der Waals surface area (Å²) < 4.78 is 66.1. The average Bonchev–Trinajstić information content (AvgIpc) is 4.16. The van der Waals surface area contributed by atoms with E-state index in [1.165, 1.54) is 47.6 Å². The van der Waals surface area contributed by atoms with Gasteiger partial charge in [-0.2, -0.15) is 0 Å². The molecule has 18 nitrogen and oxygen atoms in total. The molecule has 6 amide bonds. The van der Waals surface area contributed by atoms with Gasteiger partial charge in [0.2, 0.25) is 29.5 Å². The van der Waals surface area contributed by atoms with Crippen molar-refractivity contribution in [3.8, 4) is 17.2 Å². The van der Waals surface area contributed by atoms with Crippen LogP contribution in [0.2, 0.25) is 0 Å². The molecule has 3 aromatic carbocycles. The maximum absolute atomic E-state index is 14.0. The number of nitrogens with zero attached hydrogens (tertiary/aromatic N) is 6. The number of halogens is 4. The van der Waals surface area contributed by atoms with Crippen LogP contribution in [0.15, 0.2) is 85.2 Å². The first-order chi connectivity index (χ1) is 36.0. The van der Waals surface area contributed by atoms with Crippen molar-refractivity contribution in [3.63, 3.8) is 0 Å². The molecule has 6 aliphatic heterocycles. The summed E-state index contributed by atoms with van der Waals surface area (Å²) in [4.78, 5) is 93.3. The van der Waals surface area contributed by atoms with Gasteiger partial charge in [-0.3, -0.25) is 48.9 Å². The number of piperazine rings is 1. The second kappa shape index (κ2) is 19.9. The Bertz CT molecular complexity index is 3080. The van der Waals surface area contributed by atoms with Crippen LogP contribution in [-0.2, 0) is 30.5 Å². The summed E-state index contributed by atoms with van der Waals surface area (Å²) in [7, 11) is 0. The fourth-order valence-electron chi connectivity index (χ4n) is 11.0. The molecule has 12 rings (SSSR count). The number of pyridine rings is 2. The quantitative estimate of drug-likeness (QED) is 0.0497. The number of rotatable bonds is 15. The van der Waals surface area contributed by atoms with E-state index >= 15 is 0 Å². The second-order valence-corrected chi connectivity index (χ2v) is 20.2. The number of benzene rings is 3. The van der Waals surface area contributed by atoms with Gasteiger partial charge in [0, 0.05) is 99.9 Å². The van der Waals surface area contributed by atoms with Crippen LogP contribution in [-0.4, -0.2) is 124 Å². The summed E-state index contributed by atoms with van der Waals surface area (Å²) in [5.74, 6) is -1.98. The van der Waals surface area contributed by atoms with E-state index in [4.69, 9.17) is 4.74 Å². The van der Waals surface area contributed by atoms with E-state index in [1.807, 2.05) is 4.90 Å². The lowest BCUT2D eigenvalue weighted by Crippen LogP contribution is -2.69. The van der Waals surface area contributed by atoms with Crippen molar-refractivity contribution >= 4 is 69.2 Å². The zero-order valence-corrected chi connectivity index (χ0v) is 40.5. The summed E-state index contributed by atoms with van der Waals surface area (Å²) in [6.45, 7) is 4.29. The highest BCUT2D eigenvalue weighted by Crippen LogP contribution is 2.48. The van der Waals surface area contributed by atoms with Crippen LogP contribution in [0.25, 0.3) is 10.9 Å². The predicted octanol–water partition coefficient (Wildman–Crippen LogP) is 6.58. The van der Waals surface area contributed by atoms with Gasteiger partial charge in [0.05, 0.1) is 16.8 Å². The topological polar surface area (TPSA) is 208 Å². The van der Waals surface area contributed by atoms with E-state index in [9.17, 15) is 46.3 Å². The highest BCUT2D eigenvalue weighted by molar-refractivity contribution is 6.17. The Morgan fingerprint density at radius 3 is 2.19 bits per heavy atom. The highest BCUT2D eigenvalue weighted by atomic mass is 19.4. The molecule has 4 N–H and O–H groups in total. The maximum atomic E-state index is 14.0. The second-order valence-electron chi connectivity index (χ2n) is 20.2. The average molecular weight is 1030 g/mol. The minimum absolute atomic E-state index is 0.154. The first-order valence-electron chi connectivity index (χ1n) is 25.1. The molecule has 2 bridgehead atoms. The predicted molar refractivity (Wildman–Crippen MR) is 264 cm³/mol. The maximum Gasteiger partial charge on any atom is 0.573 e. The summed E-state index contributed by atoms with van der Waals surface area (Å²) in [6, 6.07) is 17.6. The van der Waals surface area contributed by atoms with Crippen LogP contribution in [0.4, 0.5) is 40.4 Å². The van der Waals surface area contributed by atoms with Crippen molar-refractivity contribution < 1.29 is 55.8 Å². The number of ether oxygens (including phenoxy) is 2. The Balaban J connectivity index is 0.657. The van der Waals surface area contributed by atoms with Crippen LogP contribution < -0.4 is 35.6 Å². The largest absolute Gasteiger partial charge is 0.573 e. The molecule has 5 saturated heterocycles. The van der Waals surface area contributed by atoms with Gasteiger partial charge in [-0.1, -0.05) is 0 Å². The number of carbonyl (C=O) groups excluding carboxylic acids is 6. The van der Waals surface area contributed by atoms with Crippen molar-refractivity contribution in [1.29, 1.82) is 0 Å². The molecule has 3 atom stereocenters. The third-order valence-electron chi connectivity index (χ3n) is 15.2. The molecule has 1 saturated carbocycles. The Kier molecular flexibility index (Phi) is 13.1. The summed E-state index contributed by atoms with van der Waals surface area (Å²) in [6.07, 6.45) is 1.90. The number of nitrogens with one attached hydrogen (secondary N) is 4. The Morgan fingerprint density at radius 1 is 0.827 bits per heavy atom. The third-order valence-corrected chi connectivity index (χ3v) is 15.2. The Morgan fingerprint density at radius 2 is 1.52 bits per heavy atom. The van der Waals surface area contributed by atoms with Crippen molar-refractivity contribution in [2.75, 3.05) is 60.1 Å². The van der Waals surface area contributed by atoms with Gasteiger partial charge in [-0.05, 0) is 123 Å². The molecule has 3 unspecified atom stereocenters. The lowest BCUT2D eigenvalue weighted by Gasteiger charge is -2.57. The van der Waals surface area contributed by atoms with Crippen molar-refractivity contribution in [2.24, 2.45) is 11.3 Å². The monoisotopic (exact) mass is 1030 g/mol. The lowest BCUT2D eigenvalue weighted by molar-refractivity contribution is -0.274. The van der Waals surface area contributed by atoms with Gasteiger partial charge in [0.1, 0.15) is 34.6 Å². The third kappa shape index (κ3) is 10.5.